The van der Waals surface area contributed by atoms with E-state index in [-0.39, 0.29) is 17.8 Å². The number of H-pyrrole nitrogens is 1. The number of benzene rings is 1. The van der Waals surface area contributed by atoms with Crippen molar-refractivity contribution in [3.8, 4) is 0 Å². The Bertz CT molecular complexity index is 845. The van der Waals surface area contributed by atoms with Crippen molar-refractivity contribution in [3.63, 3.8) is 0 Å². The smallest absolute Gasteiger partial charge is 0.311 e. The number of carbonyl (C=O) groups is 1. The molecule has 3 aliphatic rings. The van der Waals surface area contributed by atoms with Gasteiger partial charge >= 0.3 is 5.97 Å². The Balaban J connectivity index is 1.52. The highest BCUT2D eigenvalue weighted by atomic mass is 16.5. The molecule has 2 fully saturated rings. The van der Waals surface area contributed by atoms with E-state index in [2.05, 4.69) is 29.2 Å². The van der Waals surface area contributed by atoms with E-state index in [0.717, 1.165) is 38.8 Å². The normalized spacial score (nSPS) is 36.1. The Hall–Kier alpha value is -1.85. The SMILES string of the molecule is COC(=O)[C@@H]1[C@H]2C[C@@H]3c4[nH]c5ccccc5c4CC[NH+]3C[C@@H]2CC[C@H]1O. The summed E-state index contributed by atoms with van der Waals surface area (Å²) in [6.45, 7) is 2.26. The number of methoxy groups -OCH3 is 1. The first-order valence-corrected chi connectivity index (χ1v) is 9.87. The quantitative estimate of drug-likeness (QED) is 0.674. The molecule has 5 nitrogen and oxygen atoms in total. The van der Waals surface area contributed by atoms with Gasteiger partial charge in [0.1, 0.15) is 6.04 Å². The second kappa shape index (κ2) is 6.10. The predicted molar refractivity (Wildman–Crippen MR) is 97.8 cm³/mol. The number of ether oxygens (including phenoxy) is 1. The molecular formula is C21H27N2O3+. The van der Waals surface area contributed by atoms with E-state index in [1.165, 1.54) is 29.3 Å². The average molecular weight is 355 g/mol. The number of para-hydroxylation sites is 1. The van der Waals surface area contributed by atoms with Crippen LogP contribution in [0.4, 0.5) is 0 Å². The van der Waals surface area contributed by atoms with E-state index in [1.807, 2.05) is 0 Å². The second-order valence-corrected chi connectivity index (χ2v) is 8.33. The molecule has 0 bridgehead atoms. The van der Waals surface area contributed by atoms with Crippen LogP contribution in [0, 0.1) is 17.8 Å². The summed E-state index contributed by atoms with van der Waals surface area (Å²) in [6, 6.07) is 8.95. The Morgan fingerprint density at radius 1 is 1.31 bits per heavy atom. The summed E-state index contributed by atoms with van der Waals surface area (Å²) in [5.74, 6) is 0.135. The second-order valence-electron chi connectivity index (χ2n) is 8.33. The van der Waals surface area contributed by atoms with Gasteiger partial charge in [-0.2, -0.15) is 0 Å². The molecule has 0 amide bonds. The molecule has 1 unspecified atom stereocenters. The first-order valence-electron chi connectivity index (χ1n) is 9.87. The van der Waals surface area contributed by atoms with Crippen LogP contribution in [0.5, 0.6) is 0 Å². The molecule has 1 saturated carbocycles. The van der Waals surface area contributed by atoms with Gasteiger partial charge in [0.2, 0.25) is 0 Å². The van der Waals surface area contributed by atoms with Crippen molar-refractivity contribution >= 4 is 16.9 Å². The number of aromatic amines is 1. The number of aromatic nitrogens is 1. The van der Waals surface area contributed by atoms with E-state index in [9.17, 15) is 9.90 Å². The Morgan fingerprint density at radius 2 is 2.15 bits per heavy atom. The summed E-state index contributed by atoms with van der Waals surface area (Å²) >= 11 is 0. The Morgan fingerprint density at radius 3 is 3.00 bits per heavy atom. The molecule has 5 rings (SSSR count). The summed E-state index contributed by atoms with van der Waals surface area (Å²) in [4.78, 5) is 17.7. The van der Waals surface area contributed by atoms with Crippen LogP contribution >= 0.6 is 0 Å². The molecule has 138 valence electrons. The maximum Gasteiger partial charge on any atom is 0.311 e. The fraction of sp³-hybridized carbons (Fsp3) is 0.571. The highest BCUT2D eigenvalue weighted by Gasteiger charge is 2.51. The van der Waals surface area contributed by atoms with Crippen LogP contribution in [0.25, 0.3) is 10.9 Å². The molecule has 0 radical (unpaired) electrons. The highest BCUT2D eigenvalue weighted by molar-refractivity contribution is 5.85. The number of hydrogen-bond donors (Lipinski definition) is 3. The summed E-state index contributed by atoms with van der Waals surface area (Å²) in [5.41, 5.74) is 4.03. The standard InChI is InChI=1S/C21H26N2O3/c1-26-21(25)19-15-10-17-20-14(13-4-2-3-5-16(13)22-20)8-9-23(17)11-12(15)6-7-18(19)24/h2-5,12,15,17-19,22,24H,6-11H2,1H3/p+1/t12-,15-,17+,18+,19+/m0/s1. The fourth-order valence-corrected chi connectivity index (χ4v) is 6.01. The number of nitrogens with one attached hydrogen (secondary N) is 2. The molecule has 1 aromatic carbocycles. The number of quaternary nitrogens is 1. The lowest BCUT2D eigenvalue weighted by Gasteiger charge is -2.48. The van der Waals surface area contributed by atoms with Crippen molar-refractivity contribution in [3.05, 3.63) is 35.5 Å². The molecular weight excluding hydrogens is 328 g/mol. The van der Waals surface area contributed by atoms with E-state index in [1.54, 1.807) is 4.90 Å². The molecule has 6 atom stereocenters. The number of carbonyl (C=O) groups excluding carboxylic acids is 1. The number of aliphatic hydroxyl groups is 1. The molecule has 5 heteroatoms. The van der Waals surface area contributed by atoms with Crippen molar-refractivity contribution in [2.45, 2.75) is 37.8 Å². The van der Waals surface area contributed by atoms with Gasteiger partial charge in [-0.1, -0.05) is 18.2 Å². The van der Waals surface area contributed by atoms with Gasteiger partial charge in [-0.05, 0) is 30.4 Å². The average Bonchev–Trinajstić information content (AvgIpc) is 3.05. The summed E-state index contributed by atoms with van der Waals surface area (Å²) in [6.07, 6.45) is 3.25. The Labute approximate surface area is 153 Å². The third-order valence-corrected chi connectivity index (χ3v) is 7.20. The lowest BCUT2D eigenvalue weighted by atomic mass is 9.65. The summed E-state index contributed by atoms with van der Waals surface area (Å²) in [7, 11) is 1.44. The monoisotopic (exact) mass is 355 g/mol. The van der Waals surface area contributed by atoms with Crippen molar-refractivity contribution in [1.82, 2.24) is 4.98 Å². The lowest BCUT2D eigenvalue weighted by molar-refractivity contribution is -0.945. The third kappa shape index (κ3) is 2.33. The minimum atomic E-state index is -0.559. The van der Waals surface area contributed by atoms with Gasteiger partial charge in [0.05, 0.1) is 37.9 Å². The number of piperidine rings is 1. The van der Waals surface area contributed by atoms with E-state index in [4.69, 9.17) is 4.74 Å². The molecule has 2 aromatic rings. The topological polar surface area (TPSA) is 66.8 Å². The first kappa shape index (κ1) is 16.3. The van der Waals surface area contributed by atoms with Gasteiger partial charge in [-0.3, -0.25) is 4.79 Å². The molecule has 1 aliphatic carbocycles. The number of hydrogen-bond acceptors (Lipinski definition) is 3. The first-order chi connectivity index (χ1) is 12.7. The maximum absolute atomic E-state index is 12.4. The van der Waals surface area contributed by atoms with Crippen LogP contribution in [-0.4, -0.2) is 42.4 Å². The molecule has 0 spiro atoms. The van der Waals surface area contributed by atoms with Crippen LogP contribution in [0.15, 0.2) is 24.3 Å². The number of fused-ring (bicyclic) bond motifs is 6. The Kier molecular flexibility index (Phi) is 3.83. The van der Waals surface area contributed by atoms with Crippen molar-refractivity contribution in [2.24, 2.45) is 17.8 Å². The summed E-state index contributed by atoms with van der Waals surface area (Å²) in [5, 5.41) is 11.8. The zero-order valence-corrected chi connectivity index (χ0v) is 15.2. The fourth-order valence-electron chi connectivity index (χ4n) is 6.01. The lowest BCUT2D eigenvalue weighted by Crippen LogP contribution is -3.15. The van der Waals surface area contributed by atoms with Gasteiger partial charge < -0.3 is 19.7 Å². The van der Waals surface area contributed by atoms with E-state index >= 15 is 0 Å². The number of aliphatic hydroxyl groups excluding tert-OH is 1. The summed E-state index contributed by atoms with van der Waals surface area (Å²) < 4.78 is 5.05. The molecule has 1 aromatic heterocycles. The molecule has 1 saturated heterocycles. The predicted octanol–water partition coefficient (Wildman–Crippen LogP) is 1.23. The van der Waals surface area contributed by atoms with Crippen LogP contribution in [0.2, 0.25) is 0 Å². The van der Waals surface area contributed by atoms with Crippen LogP contribution in [0.1, 0.15) is 36.6 Å². The van der Waals surface area contributed by atoms with Gasteiger partial charge in [-0.25, -0.2) is 0 Å². The minimum Gasteiger partial charge on any atom is -0.469 e. The van der Waals surface area contributed by atoms with Gasteiger partial charge in [0.25, 0.3) is 0 Å². The molecule has 26 heavy (non-hydrogen) atoms. The van der Waals surface area contributed by atoms with E-state index in [0.29, 0.717) is 12.0 Å². The van der Waals surface area contributed by atoms with Crippen molar-refractivity contribution in [1.29, 1.82) is 0 Å². The highest BCUT2D eigenvalue weighted by Crippen LogP contribution is 2.43. The van der Waals surface area contributed by atoms with Gasteiger partial charge in [-0.15, -0.1) is 0 Å². The van der Waals surface area contributed by atoms with E-state index < -0.39 is 6.10 Å². The molecule has 3 N–H and O–H groups in total. The number of esters is 1. The van der Waals surface area contributed by atoms with Gasteiger partial charge in [0, 0.05) is 29.7 Å². The largest absolute Gasteiger partial charge is 0.469 e. The zero-order valence-electron chi connectivity index (χ0n) is 15.2. The van der Waals surface area contributed by atoms with Crippen molar-refractivity contribution in [2.75, 3.05) is 20.2 Å². The third-order valence-electron chi connectivity index (χ3n) is 7.20. The van der Waals surface area contributed by atoms with Crippen LogP contribution < -0.4 is 4.90 Å². The minimum absolute atomic E-state index is 0.220. The molecule has 3 heterocycles. The zero-order chi connectivity index (χ0) is 17.8. The number of rotatable bonds is 1. The van der Waals surface area contributed by atoms with Crippen LogP contribution in [-0.2, 0) is 16.0 Å². The molecule has 2 aliphatic heterocycles. The van der Waals surface area contributed by atoms with Gasteiger partial charge in [0.15, 0.2) is 0 Å². The van der Waals surface area contributed by atoms with Crippen molar-refractivity contribution < 1.29 is 19.5 Å². The van der Waals surface area contributed by atoms with Crippen LogP contribution in [0.3, 0.4) is 0 Å². The maximum atomic E-state index is 12.4.